The van der Waals surface area contributed by atoms with Crippen molar-refractivity contribution in [1.29, 1.82) is 0 Å². The molecule has 0 amide bonds. The Bertz CT molecular complexity index is 518. The monoisotopic (exact) mass is 307 g/mol. The zero-order valence-electron chi connectivity index (χ0n) is 13.7. The fourth-order valence-corrected chi connectivity index (χ4v) is 1.90. The topological polar surface area (TPSA) is 88.2 Å². The molecule has 0 aliphatic heterocycles. The first-order chi connectivity index (χ1) is 10.2. The molecule has 6 heteroatoms. The zero-order valence-corrected chi connectivity index (χ0v) is 13.7. The molecule has 1 rings (SSSR count). The molecule has 0 atom stereocenters. The third-order valence-electron chi connectivity index (χ3n) is 2.93. The highest BCUT2D eigenvalue weighted by Crippen LogP contribution is 2.10. The SMILES string of the molecule is CN(CCC(=O)OC(C)(C)C)Cc1ccc(/C(N)=N\O)cc1. The van der Waals surface area contributed by atoms with E-state index >= 15 is 0 Å². The molecule has 0 bridgehead atoms. The van der Waals surface area contributed by atoms with Crippen LogP contribution in [-0.2, 0) is 16.1 Å². The summed E-state index contributed by atoms with van der Waals surface area (Å²) >= 11 is 0. The van der Waals surface area contributed by atoms with E-state index in [4.69, 9.17) is 15.7 Å². The largest absolute Gasteiger partial charge is 0.460 e. The summed E-state index contributed by atoms with van der Waals surface area (Å²) in [5.41, 5.74) is 6.82. The Kier molecular flexibility index (Phi) is 6.37. The first-order valence-electron chi connectivity index (χ1n) is 7.18. The van der Waals surface area contributed by atoms with Crippen LogP contribution in [0.3, 0.4) is 0 Å². The number of oxime groups is 1. The second-order valence-corrected chi connectivity index (χ2v) is 6.26. The number of ether oxygens (including phenoxy) is 1. The molecule has 0 heterocycles. The third-order valence-corrected chi connectivity index (χ3v) is 2.93. The Balaban J connectivity index is 2.45. The van der Waals surface area contributed by atoms with Crippen LogP contribution >= 0.6 is 0 Å². The average Bonchev–Trinajstić information content (AvgIpc) is 2.43. The Labute approximate surface area is 131 Å². The van der Waals surface area contributed by atoms with Gasteiger partial charge >= 0.3 is 5.97 Å². The molecule has 0 radical (unpaired) electrons. The van der Waals surface area contributed by atoms with E-state index < -0.39 is 5.60 Å². The molecule has 6 nitrogen and oxygen atoms in total. The number of nitrogens with two attached hydrogens (primary N) is 1. The lowest BCUT2D eigenvalue weighted by molar-refractivity contribution is -0.155. The Morgan fingerprint density at radius 2 is 1.91 bits per heavy atom. The van der Waals surface area contributed by atoms with Gasteiger partial charge in [-0.2, -0.15) is 0 Å². The highest BCUT2D eigenvalue weighted by molar-refractivity contribution is 5.96. The summed E-state index contributed by atoms with van der Waals surface area (Å²) in [6.07, 6.45) is 0.357. The van der Waals surface area contributed by atoms with E-state index in [0.717, 1.165) is 5.56 Å². The molecule has 0 spiro atoms. The number of benzene rings is 1. The van der Waals surface area contributed by atoms with Crippen molar-refractivity contribution in [2.75, 3.05) is 13.6 Å². The van der Waals surface area contributed by atoms with Crippen LogP contribution in [0.2, 0.25) is 0 Å². The van der Waals surface area contributed by atoms with Crippen molar-refractivity contribution in [1.82, 2.24) is 4.90 Å². The minimum Gasteiger partial charge on any atom is -0.460 e. The molecule has 122 valence electrons. The van der Waals surface area contributed by atoms with Crippen molar-refractivity contribution in [2.45, 2.75) is 39.3 Å². The van der Waals surface area contributed by atoms with Gasteiger partial charge in [0.1, 0.15) is 5.60 Å². The van der Waals surface area contributed by atoms with E-state index in [1.807, 2.05) is 44.9 Å². The minimum absolute atomic E-state index is 0.0878. The van der Waals surface area contributed by atoms with Gasteiger partial charge in [0.05, 0.1) is 6.42 Å². The maximum absolute atomic E-state index is 11.7. The zero-order chi connectivity index (χ0) is 16.8. The van der Waals surface area contributed by atoms with Crippen LogP contribution < -0.4 is 5.73 Å². The molecule has 0 saturated carbocycles. The van der Waals surface area contributed by atoms with Crippen LogP contribution in [0.4, 0.5) is 0 Å². The predicted octanol–water partition coefficient (Wildman–Crippen LogP) is 1.94. The van der Waals surface area contributed by atoms with Crippen LogP contribution in [0, 0.1) is 0 Å². The summed E-state index contributed by atoms with van der Waals surface area (Å²) in [4.78, 5) is 13.7. The van der Waals surface area contributed by atoms with E-state index in [1.54, 1.807) is 12.1 Å². The average molecular weight is 307 g/mol. The number of esters is 1. The fourth-order valence-electron chi connectivity index (χ4n) is 1.90. The van der Waals surface area contributed by atoms with Gasteiger partial charge in [0, 0.05) is 18.7 Å². The van der Waals surface area contributed by atoms with Crippen LogP contribution in [-0.4, -0.2) is 41.1 Å². The van der Waals surface area contributed by atoms with Crippen molar-refractivity contribution >= 4 is 11.8 Å². The molecule has 3 N–H and O–H groups in total. The smallest absolute Gasteiger partial charge is 0.307 e. The van der Waals surface area contributed by atoms with Crippen molar-refractivity contribution in [3.05, 3.63) is 35.4 Å². The summed E-state index contributed by atoms with van der Waals surface area (Å²) in [5, 5.41) is 11.6. The Hall–Kier alpha value is -2.08. The van der Waals surface area contributed by atoms with Crippen LogP contribution in [0.25, 0.3) is 0 Å². The van der Waals surface area contributed by atoms with Crippen molar-refractivity contribution < 1.29 is 14.7 Å². The van der Waals surface area contributed by atoms with Crippen molar-refractivity contribution in [3.63, 3.8) is 0 Å². The lowest BCUT2D eigenvalue weighted by atomic mass is 10.1. The number of hydrogen-bond donors (Lipinski definition) is 2. The summed E-state index contributed by atoms with van der Waals surface area (Å²) in [6.45, 7) is 6.91. The highest BCUT2D eigenvalue weighted by atomic mass is 16.6. The van der Waals surface area contributed by atoms with E-state index in [0.29, 0.717) is 25.1 Å². The normalized spacial score (nSPS) is 12.5. The van der Waals surface area contributed by atoms with Gasteiger partial charge in [0.25, 0.3) is 0 Å². The standard InChI is InChI=1S/C16H25N3O3/c1-16(2,3)22-14(20)9-10-19(4)11-12-5-7-13(8-6-12)15(17)18-21/h5-8,21H,9-11H2,1-4H3,(H2,17,18). The van der Waals surface area contributed by atoms with Gasteiger partial charge in [-0.1, -0.05) is 29.4 Å². The van der Waals surface area contributed by atoms with Gasteiger partial charge in [0.2, 0.25) is 0 Å². The molecule has 0 aliphatic rings. The van der Waals surface area contributed by atoms with E-state index in [9.17, 15) is 4.79 Å². The van der Waals surface area contributed by atoms with Crippen LogP contribution in [0.15, 0.2) is 29.4 Å². The number of rotatable bonds is 6. The van der Waals surface area contributed by atoms with Crippen LogP contribution in [0.5, 0.6) is 0 Å². The number of nitrogens with zero attached hydrogens (tertiary/aromatic N) is 2. The van der Waals surface area contributed by atoms with E-state index in [1.165, 1.54) is 0 Å². The Morgan fingerprint density at radius 1 is 1.32 bits per heavy atom. The molecule has 0 aliphatic carbocycles. The third kappa shape index (κ3) is 6.58. The van der Waals surface area contributed by atoms with Gasteiger partial charge in [-0.05, 0) is 33.4 Å². The predicted molar refractivity (Wildman–Crippen MR) is 85.7 cm³/mol. The summed E-state index contributed by atoms with van der Waals surface area (Å²) < 4.78 is 5.28. The summed E-state index contributed by atoms with van der Waals surface area (Å²) in [5.74, 6) is -0.105. The lowest BCUT2D eigenvalue weighted by Gasteiger charge is -2.21. The van der Waals surface area contributed by atoms with Gasteiger partial charge < -0.3 is 20.6 Å². The number of amidine groups is 1. The molecular weight excluding hydrogens is 282 g/mol. The maximum Gasteiger partial charge on any atom is 0.307 e. The van der Waals surface area contributed by atoms with Gasteiger partial charge in [-0.15, -0.1) is 0 Å². The molecule has 0 unspecified atom stereocenters. The molecule has 0 aromatic heterocycles. The van der Waals surface area contributed by atoms with Crippen LogP contribution in [0.1, 0.15) is 38.3 Å². The molecular formula is C16H25N3O3. The van der Waals surface area contributed by atoms with Gasteiger partial charge in [0.15, 0.2) is 5.84 Å². The summed E-state index contributed by atoms with van der Waals surface area (Å²) in [7, 11) is 1.95. The lowest BCUT2D eigenvalue weighted by Crippen LogP contribution is -2.27. The van der Waals surface area contributed by atoms with Crippen molar-refractivity contribution in [3.8, 4) is 0 Å². The molecule has 1 aromatic rings. The second kappa shape index (κ2) is 7.79. The van der Waals surface area contributed by atoms with E-state index in [-0.39, 0.29) is 11.8 Å². The molecule has 0 saturated heterocycles. The molecule has 0 fully saturated rings. The number of hydrogen-bond acceptors (Lipinski definition) is 5. The van der Waals surface area contributed by atoms with Gasteiger partial charge in [-0.25, -0.2) is 0 Å². The minimum atomic E-state index is -0.445. The summed E-state index contributed by atoms with van der Waals surface area (Å²) in [6, 6.07) is 7.42. The van der Waals surface area contributed by atoms with Gasteiger partial charge in [-0.3, -0.25) is 4.79 Å². The number of carbonyl (C=O) groups excluding carboxylic acids is 1. The molecule has 1 aromatic carbocycles. The quantitative estimate of drug-likeness (QED) is 0.276. The first kappa shape index (κ1) is 18.0. The van der Waals surface area contributed by atoms with Crippen molar-refractivity contribution in [2.24, 2.45) is 10.9 Å². The number of carbonyl (C=O) groups is 1. The highest BCUT2D eigenvalue weighted by Gasteiger charge is 2.16. The fraction of sp³-hybridized carbons (Fsp3) is 0.500. The molecule has 22 heavy (non-hydrogen) atoms. The second-order valence-electron chi connectivity index (χ2n) is 6.26. The Morgan fingerprint density at radius 3 is 2.41 bits per heavy atom. The van der Waals surface area contributed by atoms with E-state index in [2.05, 4.69) is 5.16 Å². The maximum atomic E-state index is 11.7. The first-order valence-corrected chi connectivity index (χ1v) is 7.18.